The zero-order valence-corrected chi connectivity index (χ0v) is 11.8. The Morgan fingerprint density at radius 2 is 2.32 bits per heavy atom. The van der Waals surface area contributed by atoms with E-state index >= 15 is 0 Å². The molecule has 2 heterocycles. The Bertz CT molecular complexity index is 541. The van der Waals surface area contributed by atoms with Crippen LogP contribution in [0.15, 0.2) is 29.8 Å². The first-order valence-corrected chi connectivity index (χ1v) is 6.94. The molecule has 2 aromatic rings. The third-order valence-corrected chi connectivity index (χ3v) is 3.57. The van der Waals surface area contributed by atoms with Crippen LogP contribution in [0.5, 0.6) is 0 Å². The molecule has 2 aromatic heterocycles. The number of hydrogen-bond donors (Lipinski definition) is 1. The van der Waals surface area contributed by atoms with Crippen LogP contribution in [0.3, 0.4) is 0 Å². The Labute approximate surface area is 116 Å². The normalized spacial score (nSPS) is 10.2. The number of anilines is 2. The van der Waals surface area contributed by atoms with Crippen molar-refractivity contribution >= 4 is 28.2 Å². The fourth-order valence-electron chi connectivity index (χ4n) is 1.50. The van der Waals surface area contributed by atoms with E-state index < -0.39 is 0 Å². The fraction of sp³-hybridized carbons (Fsp3) is 0.308. The van der Waals surface area contributed by atoms with Gasteiger partial charge in [0, 0.05) is 25.0 Å². The topological polar surface area (TPSA) is 58.1 Å². The smallest absolute Gasteiger partial charge is 0.220 e. The summed E-state index contributed by atoms with van der Waals surface area (Å²) in [4.78, 5) is 21.9. The van der Waals surface area contributed by atoms with Crippen molar-refractivity contribution in [1.29, 1.82) is 0 Å². The summed E-state index contributed by atoms with van der Waals surface area (Å²) in [5.74, 6) is 0.883. The highest BCUT2D eigenvalue weighted by Crippen LogP contribution is 2.24. The predicted octanol–water partition coefficient (Wildman–Crippen LogP) is 2.33. The number of thiazole rings is 1. The summed E-state index contributed by atoms with van der Waals surface area (Å²) in [5.41, 5.74) is 0.865. The van der Waals surface area contributed by atoms with Gasteiger partial charge < -0.3 is 10.2 Å². The maximum atomic E-state index is 11.2. The maximum absolute atomic E-state index is 11.2. The molecule has 0 radical (unpaired) electrons. The number of aromatic nitrogens is 2. The Morgan fingerprint density at radius 3 is 3.00 bits per heavy atom. The number of pyridine rings is 1. The van der Waals surface area contributed by atoms with Crippen LogP contribution in [0, 0.1) is 0 Å². The average Bonchev–Trinajstić information content (AvgIpc) is 2.93. The van der Waals surface area contributed by atoms with E-state index in [9.17, 15) is 4.79 Å². The molecule has 0 fully saturated rings. The SMILES string of the molecule is CCC(=O)NCc1csc(N(C)c2ccccn2)n1. The quantitative estimate of drug-likeness (QED) is 0.910. The lowest BCUT2D eigenvalue weighted by atomic mass is 10.4. The lowest BCUT2D eigenvalue weighted by Crippen LogP contribution is -2.21. The lowest BCUT2D eigenvalue weighted by Gasteiger charge is -2.13. The van der Waals surface area contributed by atoms with Gasteiger partial charge in [-0.1, -0.05) is 13.0 Å². The van der Waals surface area contributed by atoms with E-state index in [1.165, 1.54) is 11.3 Å². The van der Waals surface area contributed by atoms with Crippen LogP contribution in [0.1, 0.15) is 19.0 Å². The highest BCUT2D eigenvalue weighted by atomic mass is 32.1. The number of amides is 1. The zero-order chi connectivity index (χ0) is 13.7. The van der Waals surface area contributed by atoms with Gasteiger partial charge in [0.15, 0.2) is 5.13 Å². The van der Waals surface area contributed by atoms with E-state index in [4.69, 9.17) is 0 Å². The molecule has 0 spiro atoms. The first-order chi connectivity index (χ1) is 9.20. The molecule has 0 aliphatic heterocycles. The van der Waals surface area contributed by atoms with E-state index in [0.29, 0.717) is 13.0 Å². The molecule has 6 heteroatoms. The Kier molecular flexibility index (Phi) is 4.46. The lowest BCUT2D eigenvalue weighted by molar-refractivity contribution is -0.120. The number of carbonyl (C=O) groups is 1. The summed E-state index contributed by atoms with van der Waals surface area (Å²) in [6, 6.07) is 5.75. The summed E-state index contributed by atoms with van der Waals surface area (Å²) >= 11 is 1.54. The van der Waals surface area contributed by atoms with E-state index in [1.54, 1.807) is 6.20 Å². The van der Waals surface area contributed by atoms with Crippen LogP contribution in [0.4, 0.5) is 10.9 Å². The molecule has 0 aromatic carbocycles. The second-order valence-corrected chi connectivity index (χ2v) is 4.84. The second-order valence-electron chi connectivity index (χ2n) is 4.00. The monoisotopic (exact) mass is 276 g/mol. The molecular weight excluding hydrogens is 260 g/mol. The van der Waals surface area contributed by atoms with Crippen molar-refractivity contribution in [3.63, 3.8) is 0 Å². The molecule has 19 heavy (non-hydrogen) atoms. The highest BCUT2D eigenvalue weighted by Gasteiger charge is 2.10. The van der Waals surface area contributed by atoms with Crippen molar-refractivity contribution in [2.45, 2.75) is 19.9 Å². The van der Waals surface area contributed by atoms with Gasteiger partial charge in [-0.3, -0.25) is 4.79 Å². The Hall–Kier alpha value is -1.95. The van der Waals surface area contributed by atoms with Gasteiger partial charge in [-0.25, -0.2) is 9.97 Å². The molecule has 0 saturated carbocycles. The standard InChI is InChI=1S/C13H16N4OS/c1-3-12(18)15-8-10-9-19-13(16-10)17(2)11-6-4-5-7-14-11/h4-7,9H,3,8H2,1-2H3,(H,15,18). The van der Waals surface area contributed by atoms with Crippen LogP contribution in [0.25, 0.3) is 0 Å². The van der Waals surface area contributed by atoms with E-state index in [2.05, 4.69) is 15.3 Å². The third kappa shape index (κ3) is 3.51. The molecule has 0 bridgehead atoms. The van der Waals surface area contributed by atoms with Crippen molar-refractivity contribution in [3.8, 4) is 0 Å². The molecule has 5 nitrogen and oxygen atoms in total. The van der Waals surface area contributed by atoms with Gasteiger partial charge >= 0.3 is 0 Å². The molecule has 100 valence electrons. The van der Waals surface area contributed by atoms with Crippen molar-refractivity contribution < 1.29 is 4.79 Å². The van der Waals surface area contributed by atoms with Gasteiger partial charge in [0.25, 0.3) is 0 Å². The van der Waals surface area contributed by atoms with E-state index in [0.717, 1.165) is 16.6 Å². The largest absolute Gasteiger partial charge is 0.350 e. The first-order valence-electron chi connectivity index (χ1n) is 6.06. The summed E-state index contributed by atoms with van der Waals surface area (Å²) < 4.78 is 0. The van der Waals surface area contributed by atoms with Crippen molar-refractivity contribution in [2.24, 2.45) is 0 Å². The molecule has 0 aliphatic carbocycles. The predicted molar refractivity (Wildman–Crippen MR) is 76.6 cm³/mol. The molecule has 2 rings (SSSR count). The zero-order valence-electron chi connectivity index (χ0n) is 11.0. The minimum Gasteiger partial charge on any atom is -0.350 e. The molecular formula is C13H16N4OS. The first kappa shape index (κ1) is 13.5. The number of carbonyl (C=O) groups excluding carboxylic acids is 1. The molecule has 0 unspecified atom stereocenters. The summed E-state index contributed by atoms with van der Waals surface area (Å²) in [5, 5.41) is 5.62. The molecule has 1 N–H and O–H groups in total. The maximum Gasteiger partial charge on any atom is 0.220 e. The number of nitrogens with zero attached hydrogens (tertiary/aromatic N) is 3. The molecule has 0 saturated heterocycles. The van der Waals surface area contributed by atoms with Gasteiger partial charge in [0.05, 0.1) is 12.2 Å². The summed E-state index contributed by atoms with van der Waals surface area (Å²) in [6.45, 7) is 2.30. The molecule has 0 aliphatic rings. The Morgan fingerprint density at radius 1 is 1.47 bits per heavy atom. The van der Waals surface area contributed by atoms with Crippen molar-refractivity contribution in [1.82, 2.24) is 15.3 Å². The molecule has 1 amide bonds. The van der Waals surface area contributed by atoms with Gasteiger partial charge in [0.2, 0.25) is 5.91 Å². The Balaban J connectivity index is 2.02. The molecule has 0 atom stereocenters. The van der Waals surface area contributed by atoms with E-state index in [-0.39, 0.29) is 5.91 Å². The van der Waals surface area contributed by atoms with Crippen LogP contribution in [-0.2, 0) is 11.3 Å². The minimum absolute atomic E-state index is 0.0348. The van der Waals surface area contributed by atoms with Crippen molar-refractivity contribution in [2.75, 3.05) is 11.9 Å². The van der Waals surface area contributed by atoms with Crippen LogP contribution >= 0.6 is 11.3 Å². The summed E-state index contributed by atoms with van der Waals surface area (Å²) in [7, 11) is 1.93. The van der Waals surface area contributed by atoms with Gasteiger partial charge in [-0.2, -0.15) is 0 Å². The van der Waals surface area contributed by atoms with E-state index in [1.807, 2.05) is 42.5 Å². The van der Waals surface area contributed by atoms with Gasteiger partial charge in [-0.05, 0) is 12.1 Å². The second kappa shape index (κ2) is 6.29. The third-order valence-electron chi connectivity index (χ3n) is 2.61. The summed E-state index contributed by atoms with van der Waals surface area (Å²) in [6.07, 6.45) is 2.24. The van der Waals surface area contributed by atoms with Crippen LogP contribution in [-0.4, -0.2) is 22.9 Å². The highest BCUT2D eigenvalue weighted by molar-refractivity contribution is 7.13. The van der Waals surface area contributed by atoms with Crippen molar-refractivity contribution in [3.05, 3.63) is 35.5 Å². The number of nitrogens with one attached hydrogen (secondary N) is 1. The average molecular weight is 276 g/mol. The fourth-order valence-corrected chi connectivity index (χ4v) is 2.29. The number of hydrogen-bond acceptors (Lipinski definition) is 5. The number of rotatable bonds is 5. The minimum atomic E-state index is 0.0348. The van der Waals surface area contributed by atoms with Gasteiger partial charge in [-0.15, -0.1) is 11.3 Å². The van der Waals surface area contributed by atoms with Crippen LogP contribution in [0.2, 0.25) is 0 Å². The van der Waals surface area contributed by atoms with Crippen LogP contribution < -0.4 is 10.2 Å². The van der Waals surface area contributed by atoms with Gasteiger partial charge in [0.1, 0.15) is 5.82 Å².